The van der Waals surface area contributed by atoms with E-state index in [1.165, 1.54) is 0 Å². The molecule has 2 atom stereocenters. The number of phenolic OH excluding ortho intramolecular Hbond substituents is 1. The molecule has 0 radical (unpaired) electrons. The Morgan fingerprint density at radius 2 is 2.24 bits per heavy atom. The van der Waals surface area contributed by atoms with Crippen LogP contribution in [0.15, 0.2) is 23.0 Å². The molecule has 3 rings (SSSR count). The van der Waals surface area contributed by atoms with Crippen LogP contribution in [0.5, 0.6) is 5.75 Å². The second-order valence-corrected chi connectivity index (χ2v) is 4.73. The van der Waals surface area contributed by atoms with Crippen LogP contribution in [-0.4, -0.2) is 20.7 Å². The molecule has 0 aliphatic heterocycles. The van der Waals surface area contributed by atoms with Gasteiger partial charge in [-0.25, -0.2) is 4.79 Å². The van der Waals surface area contributed by atoms with Gasteiger partial charge in [-0.2, -0.15) is 0 Å². The van der Waals surface area contributed by atoms with Crippen LogP contribution < -0.4 is 11.4 Å². The lowest BCUT2D eigenvalue weighted by Crippen LogP contribution is -2.22. The van der Waals surface area contributed by atoms with Crippen molar-refractivity contribution in [1.29, 1.82) is 0 Å². The van der Waals surface area contributed by atoms with E-state index < -0.39 is 0 Å². The van der Waals surface area contributed by atoms with E-state index in [0.29, 0.717) is 5.52 Å². The van der Waals surface area contributed by atoms with Crippen LogP contribution in [0.3, 0.4) is 0 Å². The lowest BCUT2D eigenvalue weighted by atomic mass is 10.2. The van der Waals surface area contributed by atoms with Gasteiger partial charge >= 0.3 is 5.69 Å². The Morgan fingerprint density at radius 1 is 1.41 bits per heavy atom. The summed E-state index contributed by atoms with van der Waals surface area (Å²) in [6.07, 6.45) is 2.74. The summed E-state index contributed by atoms with van der Waals surface area (Å²) in [5.41, 5.74) is 7.28. The molecule has 1 fully saturated rings. The average molecular weight is 233 g/mol. The van der Waals surface area contributed by atoms with Crippen LogP contribution in [0.1, 0.15) is 25.3 Å². The maximum Gasteiger partial charge on any atom is 0.326 e. The van der Waals surface area contributed by atoms with Crippen molar-refractivity contribution in [2.24, 2.45) is 5.73 Å². The maximum atomic E-state index is 11.9. The maximum absolute atomic E-state index is 11.9. The van der Waals surface area contributed by atoms with Crippen LogP contribution >= 0.6 is 0 Å². The number of nitrogens with two attached hydrogens (primary N) is 1. The van der Waals surface area contributed by atoms with Gasteiger partial charge in [-0.3, -0.25) is 4.57 Å². The van der Waals surface area contributed by atoms with Gasteiger partial charge < -0.3 is 15.8 Å². The van der Waals surface area contributed by atoms with Gasteiger partial charge in [0.1, 0.15) is 5.75 Å². The zero-order valence-electron chi connectivity index (χ0n) is 9.39. The molecule has 2 unspecified atom stereocenters. The van der Waals surface area contributed by atoms with E-state index in [-0.39, 0.29) is 23.5 Å². The zero-order chi connectivity index (χ0) is 12.0. The molecule has 2 aromatic rings. The van der Waals surface area contributed by atoms with Crippen LogP contribution in [-0.2, 0) is 0 Å². The number of aromatic amines is 1. The quantitative estimate of drug-likeness (QED) is 0.689. The van der Waals surface area contributed by atoms with Crippen molar-refractivity contribution in [3.63, 3.8) is 0 Å². The minimum atomic E-state index is -0.121. The first-order valence-corrected chi connectivity index (χ1v) is 5.84. The molecule has 4 N–H and O–H groups in total. The smallest absolute Gasteiger partial charge is 0.326 e. The Labute approximate surface area is 97.9 Å². The number of hydrogen-bond donors (Lipinski definition) is 3. The lowest BCUT2D eigenvalue weighted by Gasteiger charge is -2.11. The number of fused-ring (bicyclic) bond motifs is 1. The summed E-state index contributed by atoms with van der Waals surface area (Å²) in [6, 6.07) is 5.31. The Kier molecular flexibility index (Phi) is 2.22. The molecule has 1 saturated carbocycles. The van der Waals surface area contributed by atoms with Crippen molar-refractivity contribution in [3.05, 3.63) is 28.7 Å². The van der Waals surface area contributed by atoms with Gasteiger partial charge in [0, 0.05) is 18.2 Å². The molecule has 1 aliphatic rings. The topological polar surface area (TPSA) is 84.0 Å². The highest BCUT2D eigenvalue weighted by Gasteiger charge is 2.25. The summed E-state index contributed by atoms with van der Waals surface area (Å²) < 4.78 is 1.77. The highest BCUT2D eigenvalue weighted by Crippen LogP contribution is 2.30. The summed E-state index contributed by atoms with van der Waals surface area (Å²) in [4.78, 5) is 14.7. The predicted molar refractivity (Wildman–Crippen MR) is 65.1 cm³/mol. The number of aromatic nitrogens is 2. The molecular formula is C12H15N3O2. The fourth-order valence-electron chi connectivity index (χ4n) is 2.71. The number of aromatic hydroxyl groups is 1. The Hall–Kier alpha value is -1.75. The van der Waals surface area contributed by atoms with Gasteiger partial charge in [0.05, 0.1) is 11.0 Å². The number of benzene rings is 1. The van der Waals surface area contributed by atoms with Crippen molar-refractivity contribution >= 4 is 11.0 Å². The van der Waals surface area contributed by atoms with Gasteiger partial charge in [-0.1, -0.05) is 0 Å². The summed E-state index contributed by atoms with van der Waals surface area (Å²) in [7, 11) is 0. The van der Waals surface area contributed by atoms with E-state index in [0.717, 1.165) is 24.8 Å². The molecule has 5 heteroatoms. The summed E-state index contributed by atoms with van der Waals surface area (Å²) in [5.74, 6) is 0.161. The molecule has 1 aromatic carbocycles. The Balaban J connectivity index is 2.15. The first-order chi connectivity index (χ1) is 8.15. The molecular weight excluding hydrogens is 218 g/mol. The second kappa shape index (κ2) is 3.63. The predicted octanol–water partition coefficient (Wildman–Crippen LogP) is 1.09. The number of H-pyrrole nitrogens is 1. The van der Waals surface area contributed by atoms with E-state index in [1.54, 1.807) is 22.8 Å². The van der Waals surface area contributed by atoms with E-state index in [2.05, 4.69) is 4.98 Å². The SMILES string of the molecule is NC1CCC(n2c(=O)[nH]c3cc(O)ccc32)C1. The van der Waals surface area contributed by atoms with E-state index in [4.69, 9.17) is 5.73 Å². The zero-order valence-corrected chi connectivity index (χ0v) is 9.39. The number of phenols is 1. The highest BCUT2D eigenvalue weighted by atomic mass is 16.3. The van der Waals surface area contributed by atoms with E-state index in [9.17, 15) is 9.90 Å². The van der Waals surface area contributed by atoms with Crippen molar-refractivity contribution in [2.45, 2.75) is 31.3 Å². The fraction of sp³-hybridized carbons (Fsp3) is 0.417. The molecule has 1 aliphatic carbocycles. The first-order valence-electron chi connectivity index (χ1n) is 5.84. The molecule has 90 valence electrons. The van der Waals surface area contributed by atoms with Crippen molar-refractivity contribution < 1.29 is 5.11 Å². The third-order valence-electron chi connectivity index (χ3n) is 3.51. The van der Waals surface area contributed by atoms with Crippen LogP contribution in [0.4, 0.5) is 0 Å². The molecule has 5 nitrogen and oxygen atoms in total. The lowest BCUT2D eigenvalue weighted by molar-refractivity contribution is 0.476. The Bertz CT molecular complexity index is 614. The van der Waals surface area contributed by atoms with Gasteiger partial charge in [-0.05, 0) is 31.4 Å². The third kappa shape index (κ3) is 1.63. The molecule has 0 saturated heterocycles. The number of rotatable bonds is 1. The minimum absolute atomic E-state index is 0.121. The van der Waals surface area contributed by atoms with Crippen LogP contribution in [0.25, 0.3) is 11.0 Å². The normalized spacial score (nSPS) is 24.5. The van der Waals surface area contributed by atoms with Crippen molar-refractivity contribution in [1.82, 2.24) is 9.55 Å². The first kappa shape index (κ1) is 10.4. The molecule has 0 spiro atoms. The fourth-order valence-corrected chi connectivity index (χ4v) is 2.71. The number of nitrogens with one attached hydrogen (secondary N) is 1. The molecule has 1 heterocycles. The van der Waals surface area contributed by atoms with Crippen molar-refractivity contribution in [2.75, 3.05) is 0 Å². The number of imidazole rings is 1. The highest BCUT2D eigenvalue weighted by molar-refractivity contribution is 5.77. The largest absolute Gasteiger partial charge is 0.508 e. The average Bonchev–Trinajstić information content (AvgIpc) is 2.80. The summed E-state index contributed by atoms with van der Waals surface area (Å²) in [6.45, 7) is 0. The molecule has 1 aromatic heterocycles. The second-order valence-electron chi connectivity index (χ2n) is 4.73. The van der Waals surface area contributed by atoms with Crippen LogP contribution in [0, 0.1) is 0 Å². The molecule has 17 heavy (non-hydrogen) atoms. The van der Waals surface area contributed by atoms with E-state index >= 15 is 0 Å². The van der Waals surface area contributed by atoms with Gasteiger partial charge in [-0.15, -0.1) is 0 Å². The Morgan fingerprint density at radius 3 is 2.94 bits per heavy atom. The van der Waals surface area contributed by atoms with Gasteiger partial charge in [0.15, 0.2) is 0 Å². The monoisotopic (exact) mass is 233 g/mol. The van der Waals surface area contributed by atoms with Gasteiger partial charge in [0.25, 0.3) is 0 Å². The third-order valence-corrected chi connectivity index (χ3v) is 3.51. The summed E-state index contributed by atoms with van der Waals surface area (Å²) in [5, 5.41) is 9.39. The summed E-state index contributed by atoms with van der Waals surface area (Å²) >= 11 is 0. The van der Waals surface area contributed by atoms with Crippen molar-refractivity contribution in [3.8, 4) is 5.75 Å². The molecule has 0 bridgehead atoms. The number of nitrogens with zero attached hydrogens (tertiary/aromatic N) is 1. The van der Waals surface area contributed by atoms with Crippen LogP contribution in [0.2, 0.25) is 0 Å². The standard InChI is InChI=1S/C12H15N3O2/c13-7-1-2-8(5-7)15-11-4-3-9(16)6-10(11)14-12(15)17/h3-4,6-8,16H,1-2,5,13H2,(H,14,17). The van der Waals surface area contributed by atoms with E-state index in [1.807, 2.05) is 0 Å². The molecule has 0 amide bonds. The number of hydrogen-bond acceptors (Lipinski definition) is 3. The minimum Gasteiger partial charge on any atom is -0.508 e. The van der Waals surface area contributed by atoms with Gasteiger partial charge in [0.2, 0.25) is 0 Å².